The summed E-state index contributed by atoms with van der Waals surface area (Å²) in [5, 5.41) is 6.32. The third-order valence-corrected chi connectivity index (χ3v) is 6.32. The van der Waals surface area contributed by atoms with E-state index in [1.165, 1.54) is 25.7 Å². The zero-order valence-corrected chi connectivity index (χ0v) is 18.1. The summed E-state index contributed by atoms with van der Waals surface area (Å²) in [6.07, 6.45) is 11.1. The summed E-state index contributed by atoms with van der Waals surface area (Å²) < 4.78 is 6.12. The largest absolute Gasteiger partial charge is 0.365 e. The number of hydrogen-bond acceptors (Lipinski definition) is 4. The summed E-state index contributed by atoms with van der Waals surface area (Å²) in [6.45, 7) is 5.05. The summed E-state index contributed by atoms with van der Waals surface area (Å²) in [5.74, 6) is 0.576. The highest BCUT2D eigenvalue weighted by Crippen LogP contribution is 2.23. The summed E-state index contributed by atoms with van der Waals surface area (Å²) in [7, 11) is 0. The number of nitrogens with one attached hydrogen (secondary N) is 2. The Labute approximate surface area is 175 Å². The minimum atomic E-state index is -0.357. The first-order chi connectivity index (χ1) is 13.1. The van der Waals surface area contributed by atoms with Crippen LogP contribution < -0.4 is 10.6 Å². The van der Waals surface area contributed by atoms with Crippen LogP contribution in [0, 0.1) is 5.92 Å². The molecule has 1 saturated carbocycles. The van der Waals surface area contributed by atoms with Gasteiger partial charge >= 0.3 is 0 Å². The first-order valence-electron chi connectivity index (χ1n) is 11.1. The van der Waals surface area contributed by atoms with Gasteiger partial charge in [0.15, 0.2) is 0 Å². The molecule has 3 fully saturated rings. The average molecular weight is 416 g/mol. The van der Waals surface area contributed by atoms with Crippen molar-refractivity contribution in [2.24, 2.45) is 5.92 Å². The smallest absolute Gasteiger partial charge is 0.251 e. The van der Waals surface area contributed by atoms with E-state index < -0.39 is 0 Å². The van der Waals surface area contributed by atoms with Gasteiger partial charge in [0.2, 0.25) is 5.91 Å². The molecule has 3 unspecified atom stereocenters. The van der Waals surface area contributed by atoms with Gasteiger partial charge < -0.3 is 20.3 Å². The number of carbonyl (C=O) groups is 2. The van der Waals surface area contributed by atoms with E-state index >= 15 is 0 Å². The van der Waals surface area contributed by atoms with E-state index in [1.807, 2.05) is 11.8 Å². The quantitative estimate of drug-likeness (QED) is 0.654. The predicted molar refractivity (Wildman–Crippen MR) is 113 cm³/mol. The van der Waals surface area contributed by atoms with Gasteiger partial charge in [0.05, 0.1) is 12.1 Å². The maximum absolute atomic E-state index is 12.9. The van der Waals surface area contributed by atoms with Crippen LogP contribution in [0.25, 0.3) is 0 Å². The lowest BCUT2D eigenvalue weighted by molar-refractivity contribution is -0.148. The van der Waals surface area contributed by atoms with E-state index in [9.17, 15) is 9.59 Å². The molecule has 0 radical (unpaired) electrons. The van der Waals surface area contributed by atoms with Crippen molar-refractivity contribution >= 4 is 24.2 Å². The first-order valence-corrected chi connectivity index (χ1v) is 11.1. The van der Waals surface area contributed by atoms with Gasteiger partial charge in [-0.05, 0) is 57.9 Å². The molecule has 2 saturated heterocycles. The Morgan fingerprint density at radius 2 is 1.82 bits per heavy atom. The van der Waals surface area contributed by atoms with E-state index in [-0.39, 0.29) is 42.5 Å². The number of amides is 2. The lowest BCUT2D eigenvalue weighted by Gasteiger charge is -2.35. The molecule has 0 aromatic carbocycles. The summed E-state index contributed by atoms with van der Waals surface area (Å²) >= 11 is 0. The zero-order valence-electron chi connectivity index (χ0n) is 17.3. The molecule has 3 atom stereocenters. The fourth-order valence-corrected chi connectivity index (χ4v) is 4.69. The minimum absolute atomic E-state index is 0. The van der Waals surface area contributed by atoms with Crippen molar-refractivity contribution in [3.8, 4) is 0 Å². The van der Waals surface area contributed by atoms with E-state index in [1.54, 1.807) is 0 Å². The van der Waals surface area contributed by atoms with Crippen molar-refractivity contribution in [1.29, 1.82) is 0 Å². The maximum atomic E-state index is 12.9. The fourth-order valence-electron chi connectivity index (χ4n) is 4.69. The molecule has 0 aromatic rings. The molecule has 1 aliphatic carbocycles. The van der Waals surface area contributed by atoms with Gasteiger partial charge in [-0.15, -0.1) is 12.4 Å². The van der Waals surface area contributed by atoms with Crippen LogP contribution in [-0.2, 0) is 14.3 Å². The Bertz CT molecular complexity index is 491. The normalized spacial score (nSPS) is 27.5. The van der Waals surface area contributed by atoms with Gasteiger partial charge in [0.25, 0.3) is 5.91 Å². The number of hydrogen-bond donors (Lipinski definition) is 2. The van der Waals surface area contributed by atoms with Crippen molar-refractivity contribution in [2.75, 3.05) is 26.2 Å². The van der Waals surface area contributed by atoms with E-state index in [2.05, 4.69) is 10.6 Å². The van der Waals surface area contributed by atoms with Gasteiger partial charge in [0, 0.05) is 19.6 Å². The van der Waals surface area contributed by atoms with Crippen LogP contribution in [0.2, 0.25) is 0 Å². The molecule has 2 heterocycles. The first kappa shape index (κ1) is 23.4. The highest BCUT2D eigenvalue weighted by molar-refractivity contribution is 5.85. The third-order valence-electron chi connectivity index (χ3n) is 6.32. The summed E-state index contributed by atoms with van der Waals surface area (Å²) in [4.78, 5) is 27.0. The highest BCUT2D eigenvalue weighted by atomic mass is 35.5. The Balaban J connectivity index is 0.00000280. The average Bonchev–Trinajstić information content (AvgIpc) is 3.11. The Morgan fingerprint density at radius 3 is 2.50 bits per heavy atom. The second-order valence-corrected chi connectivity index (χ2v) is 8.58. The molecule has 0 aromatic heterocycles. The number of nitrogens with zero attached hydrogens (tertiary/aromatic N) is 1. The second kappa shape index (κ2) is 12.0. The molecular weight excluding hydrogens is 378 g/mol. The zero-order chi connectivity index (χ0) is 19.1. The Hall–Kier alpha value is -0.850. The van der Waals surface area contributed by atoms with Crippen LogP contribution in [0.4, 0.5) is 0 Å². The molecule has 6 nitrogen and oxygen atoms in total. The molecule has 0 spiro atoms. The maximum Gasteiger partial charge on any atom is 0.251 e. The molecule has 7 heteroatoms. The van der Waals surface area contributed by atoms with Crippen molar-refractivity contribution in [2.45, 2.75) is 89.4 Å². The molecule has 2 amide bonds. The summed E-state index contributed by atoms with van der Waals surface area (Å²) in [6, 6.07) is -0.0284. The van der Waals surface area contributed by atoms with Crippen LogP contribution in [0.15, 0.2) is 0 Å². The number of rotatable bonds is 6. The van der Waals surface area contributed by atoms with Crippen LogP contribution in [-0.4, -0.2) is 61.1 Å². The van der Waals surface area contributed by atoms with Crippen LogP contribution >= 0.6 is 12.4 Å². The molecule has 162 valence electrons. The molecule has 3 aliphatic rings. The second-order valence-electron chi connectivity index (χ2n) is 8.58. The number of piperidine rings is 1. The lowest BCUT2D eigenvalue weighted by Crippen LogP contribution is -2.49. The van der Waals surface area contributed by atoms with Crippen molar-refractivity contribution in [3.05, 3.63) is 0 Å². The summed E-state index contributed by atoms with van der Waals surface area (Å²) in [5.41, 5.74) is 0. The van der Waals surface area contributed by atoms with Crippen LogP contribution in [0.1, 0.15) is 71.1 Å². The lowest BCUT2D eigenvalue weighted by atomic mass is 9.97. The minimum Gasteiger partial charge on any atom is -0.365 e. The fraction of sp³-hybridized carbons (Fsp3) is 0.905. The Kier molecular flexibility index (Phi) is 10.0. The van der Waals surface area contributed by atoms with Crippen molar-refractivity contribution in [3.63, 3.8) is 0 Å². The van der Waals surface area contributed by atoms with Gasteiger partial charge in [0.1, 0.15) is 6.10 Å². The van der Waals surface area contributed by atoms with Gasteiger partial charge in [-0.25, -0.2) is 0 Å². The third kappa shape index (κ3) is 6.89. The predicted octanol–water partition coefficient (Wildman–Crippen LogP) is 2.64. The number of halogens is 1. The topological polar surface area (TPSA) is 70.7 Å². The highest BCUT2D eigenvalue weighted by Gasteiger charge is 2.30. The monoisotopic (exact) mass is 415 g/mol. The van der Waals surface area contributed by atoms with Crippen LogP contribution in [0.3, 0.4) is 0 Å². The van der Waals surface area contributed by atoms with Crippen molar-refractivity contribution in [1.82, 2.24) is 15.5 Å². The molecule has 2 aliphatic heterocycles. The molecule has 28 heavy (non-hydrogen) atoms. The molecule has 2 N–H and O–H groups in total. The van der Waals surface area contributed by atoms with Crippen LogP contribution in [0.5, 0.6) is 0 Å². The number of carbonyl (C=O) groups excluding carboxylic acids is 2. The van der Waals surface area contributed by atoms with Gasteiger partial charge in [-0.3, -0.25) is 9.59 Å². The SMILES string of the molecule is CC(OC1CCCCCC1)C(=O)N1CCCC(CNC(=O)C2CCCN2)C1.Cl. The van der Waals surface area contributed by atoms with E-state index in [0.29, 0.717) is 12.5 Å². The standard InChI is InChI=1S/C21H37N3O3.ClH/c1-16(27-18-9-4-2-3-5-10-18)21(26)24-13-7-8-17(15-24)14-23-20(25)19-11-6-12-22-19;/h16-19,22H,2-15H2,1H3,(H,23,25);1H. The molecular formula is C21H38ClN3O3. The number of ether oxygens (including phenoxy) is 1. The van der Waals surface area contributed by atoms with E-state index in [0.717, 1.165) is 58.2 Å². The van der Waals surface area contributed by atoms with E-state index in [4.69, 9.17) is 4.74 Å². The van der Waals surface area contributed by atoms with Crippen molar-refractivity contribution < 1.29 is 14.3 Å². The van der Waals surface area contributed by atoms with Gasteiger partial charge in [-0.1, -0.05) is 25.7 Å². The Morgan fingerprint density at radius 1 is 1.07 bits per heavy atom. The molecule has 0 bridgehead atoms. The number of likely N-dealkylation sites (tertiary alicyclic amines) is 1. The van der Waals surface area contributed by atoms with Gasteiger partial charge in [-0.2, -0.15) is 0 Å². The molecule has 3 rings (SSSR count).